The molecule has 17 heavy (non-hydrogen) atoms. The summed E-state index contributed by atoms with van der Waals surface area (Å²) in [7, 11) is 0. The Balaban J connectivity index is 1.91. The Bertz CT molecular complexity index is 394. The quantitative estimate of drug-likeness (QED) is 0.815. The zero-order chi connectivity index (χ0) is 12.3. The number of hydrogen-bond acceptors (Lipinski definition) is 6. The average Bonchev–Trinajstić information content (AvgIpc) is 2.55. The van der Waals surface area contributed by atoms with Gasteiger partial charge in [0.15, 0.2) is 0 Å². The number of carbonyl (C=O) groups is 1. The van der Waals surface area contributed by atoms with Gasteiger partial charge in [-0.3, -0.25) is 9.69 Å². The molecule has 0 aliphatic carbocycles. The van der Waals surface area contributed by atoms with Gasteiger partial charge in [-0.05, 0) is 6.42 Å². The second kappa shape index (κ2) is 5.42. The van der Waals surface area contributed by atoms with Crippen LogP contribution in [0.25, 0.3) is 0 Å². The van der Waals surface area contributed by atoms with Crippen LogP contribution in [-0.2, 0) is 11.3 Å². The third kappa shape index (κ3) is 3.13. The molecule has 6 nitrogen and oxygen atoms in total. The number of nitrogens with zero attached hydrogens (tertiary/aromatic N) is 4. The summed E-state index contributed by atoms with van der Waals surface area (Å²) >= 11 is 1.23. The molecule has 2 heterocycles. The van der Waals surface area contributed by atoms with Crippen molar-refractivity contribution in [3.63, 3.8) is 0 Å². The highest BCUT2D eigenvalue weighted by Gasteiger charge is 2.18. The number of rotatable bonds is 2. The van der Waals surface area contributed by atoms with E-state index in [9.17, 15) is 4.79 Å². The molecule has 2 N–H and O–H groups in total. The monoisotopic (exact) mass is 255 g/mol. The van der Waals surface area contributed by atoms with E-state index in [1.807, 2.05) is 4.90 Å². The third-order valence-electron chi connectivity index (χ3n) is 2.99. The number of carbonyl (C=O) groups excluding carboxylic acids is 1. The van der Waals surface area contributed by atoms with E-state index in [1.165, 1.54) is 11.5 Å². The topological polar surface area (TPSA) is 75.4 Å². The average molecular weight is 255 g/mol. The highest BCUT2D eigenvalue weighted by molar-refractivity contribution is 7.09. The minimum atomic E-state index is 0.154. The van der Waals surface area contributed by atoms with Gasteiger partial charge in [0.2, 0.25) is 5.91 Å². The fourth-order valence-electron chi connectivity index (χ4n) is 1.98. The van der Waals surface area contributed by atoms with Crippen LogP contribution in [0, 0.1) is 0 Å². The van der Waals surface area contributed by atoms with Crippen molar-refractivity contribution in [3.05, 3.63) is 5.69 Å². The molecule has 94 valence electrons. The Labute approximate surface area is 105 Å². The Morgan fingerprint density at radius 2 is 2.24 bits per heavy atom. The van der Waals surface area contributed by atoms with Gasteiger partial charge in [-0.1, -0.05) is 4.49 Å². The third-order valence-corrected chi connectivity index (χ3v) is 3.59. The van der Waals surface area contributed by atoms with Gasteiger partial charge in [0, 0.05) is 51.2 Å². The first-order valence-electron chi connectivity index (χ1n) is 5.71. The molecular weight excluding hydrogens is 238 g/mol. The van der Waals surface area contributed by atoms with Crippen molar-refractivity contribution >= 4 is 22.4 Å². The minimum Gasteiger partial charge on any atom is -0.388 e. The lowest BCUT2D eigenvalue weighted by molar-refractivity contribution is -0.128. The van der Waals surface area contributed by atoms with E-state index in [0.717, 1.165) is 44.8 Å². The maximum absolute atomic E-state index is 11.3. The number of hydrogen-bond donors (Lipinski definition) is 1. The summed E-state index contributed by atoms with van der Waals surface area (Å²) in [6.07, 6.45) is 0.997. The fourth-order valence-corrected chi connectivity index (χ4v) is 2.42. The van der Waals surface area contributed by atoms with E-state index in [4.69, 9.17) is 5.73 Å². The van der Waals surface area contributed by atoms with E-state index < -0.39 is 0 Å². The SMILES string of the molecule is CC(=O)N1CCCN(Cc2nnsc2N)CC1. The molecule has 1 amide bonds. The Morgan fingerprint density at radius 3 is 2.88 bits per heavy atom. The largest absolute Gasteiger partial charge is 0.388 e. The van der Waals surface area contributed by atoms with Crippen LogP contribution in [0.1, 0.15) is 19.0 Å². The van der Waals surface area contributed by atoms with Crippen LogP contribution in [0.3, 0.4) is 0 Å². The maximum Gasteiger partial charge on any atom is 0.219 e. The van der Waals surface area contributed by atoms with E-state index >= 15 is 0 Å². The number of nitrogens with two attached hydrogens (primary N) is 1. The molecule has 0 radical (unpaired) electrons. The molecule has 1 aliphatic heterocycles. The van der Waals surface area contributed by atoms with E-state index in [0.29, 0.717) is 5.00 Å². The predicted molar refractivity (Wildman–Crippen MR) is 66.5 cm³/mol. The second-order valence-electron chi connectivity index (χ2n) is 4.22. The van der Waals surface area contributed by atoms with Crippen molar-refractivity contribution in [2.45, 2.75) is 19.9 Å². The fraction of sp³-hybridized carbons (Fsp3) is 0.700. The Morgan fingerprint density at radius 1 is 1.41 bits per heavy atom. The summed E-state index contributed by atoms with van der Waals surface area (Å²) in [6, 6.07) is 0. The van der Waals surface area contributed by atoms with Crippen LogP contribution in [-0.4, -0.2) is 51.5 Å². The molecule has 1 aromatic heterocycles. The molecule has 1 saturated heterocycles. The highest BCUT2D eigenvalue weighted by Crippen LogP contribution is 2.15. The van der Waals surface area contributed by atoms with Gasteiger partial charge in [-0.25, -0.2) is 0 Å². The lowest BCUT2D eigenvalue weighted by Crippen LogP contribution is -2.33. The maximum atomic E-state index is 11.3. The summed E-state index contributed by atoms with van der Waals surface area (Å²) in [5, 5.41) is 4.71. The molecule has 7 heteroatoms. The van der Waals surface area contributed by atoms with Crippen LogP contribution in [0.5, 0.6) is 0 Å². The molecule has 0 bridgehead atoms. The van der Waals surface area contributed by atoms with Crippen LogP contribution in [0.15, 0.2) is 0 Å². The number of nitrogen functional groups attached to an aromatic ring is 1. The Hall–Kier alpha value is -1.21. The second-order valence-corrected chi connectivity index (χ2v) is 5.01. The van der Waals surface area contributed by atoms with Crippen LogP contribution < -0.4 is 5.73 Å². The Kier molecular flexibility index (Phi) is 3.90. The van der Waals surface area contributed by atoms with Gasteiger partial charge in [-0.2, -0.15) is 0 Å². The molecule has 1 aliphatic rings. The van der Waals surface area contributed by atoms with Crippen molar-refractivity contribution < 1.29 is 4.79 Å². The molecule has 0 spiro atoms. The van der Waals surface area contributed by atoms with Crippen molar-refractivity contribution in [2.75, 3.05) is 31.9 Å². The van der Waals surface area contributed by atoms with E-state index in [1.54, 1.807) is 6.92 Å². The highest BCUT2D eigenvalue weighted by atomic mass is 32.1. The lowest BCUT2D eigenvalue weighted by atomic mass is 10.3. The van der Waals surface area contributed by atoms with Gasteiger partial charge >= 0.3 is 0 Å². The van der Waals surface area contributed by atoms with E-state index in [2.05, 4.69) is 14.5 Å². The molecule has 0 unspecified atom stereocenters. The van der Waals surface area contributed by atoms with Gasteiger partial charge in [0.1, 0.15) is 10.7 Å². The summed E-state index contributed by atoms with van der Waals surface area (Å²) in [5.74, 6) is 0.154. The summed E-state index contributed by atoms with van der Waals surface area (Å²) in [4.78, 5) is 15.5. The molecule has 0 aromatic carbocycles. The predicted octanol–water partition coefficient (Wildman–Crippen LogP) is 0.174. The van der Waals surface area contributed by atoms with Crippen LogP contribution in [0.2, 0.25) is 0 Å². The summed E-state index contributed by atoms with van der Waals surface area (Å²) < 4.78 is 3.83. The molecule has 0 atom stereocenters. The zero-order valence-corrected chi connectivity index (χ0v) is 10.7. The normalized spacial score (nSPS) is 18.1. The molecule has 1 fully saturated rings. The first-order chi connectivity index (χ1) is 8.16. The van der Waals surface area contributed by atoms with Gasteiger partial charge in [-0.15, -0.1) is 5.10 Å². The van der Waals surface area contributed by atoms with Crippen molar-refractivity contribution in [3.8, 4) is 0 Å². The zero-order valence-electron chi connectivity index (χ0n) is 9.93. The van der Waals surface area contributed by atoms with Crippen LogP contribution in [0.4, 0.5) is 5.00 Å². The van der Waals surface area contributed by atoms with Gasteiger partial charge in [0.25, 0.3) is 0 Å². The summed E-state index contributed by atoms with van der Waals surface area (Å²) in [6.45, 7) is 5.83. The summed E-state index contributed by atoms with van der Waals surface area (Å²) in [5.41, 5.74) is 6.63. The number of amides is 1. The smallest absolute Gasteiger partial charge is 0.219 e. The van der Waals surface area contributed by atoms with E-state index in [-0.39, 0.29) is 5.91 Å². The first-order valence-corrected chi connectivity index (χ1v) is 6.48. The molecular formula is C10H17N5OS. The minimum absolute atomic E-state index is 0.154. The van der Waals surface area contributed by atoms with Crippen molar-refractivity contribution in [1.82, 2.24) is 19.4 Å². The molecule has 2 rings (SSSR count). The van der Waals surface area contributed by atoms with Gasteiger partial charge in [0.05, 0.1) is 0 Å². The van der Waals surface area contributed by atoms with Crippen molar-refractivity contribution in [2.24, 2.45) is 0 Å². The number of aromatic nitrogens is 2. The molecule has 0 saturated carbocycles. The van der Waals surface area contributed by atoms with Crippen LogP contribution >= 0.6 is 11.5 Å². The lowest BCUT2D eigenvalue weighted by Gasteiger charge is -2.20. The van der Waals surface area contributed by atoms with Crippen molar-refractivity contribution in [1.29, 1.82) is 0 Å². The number of anilines is 1. The molecule has 1 aromatic rings. The standard InChI is InChI=1S/C10H17N5OS/c1-8(16)15-4-2-3-14(5-6-15)7-9-10(11)17-13-12-9/h2-7,11H2,1H3. The first kappa shape index (κ1) is 12.3. The van der Waals surface area contributed by atoms with Gasteiger partial charge < -0.3 is 10.6 Å².